The highest BCUT2D eigenvalue weighted by Crippen LogP contribution is 2.89. The number of allylic oxidation sites excluding steroid dienone is 1. The van der Waals surface area contributed by atoms with Crippen molar-refractivity contribution in [2.75, 3.05) is 19.8 Å². The quantitative estimate of drug-likeness (QED) is 0.103. The van der Waals surface area contributed by atoms with Gasteiger partial charge in [-0.05, 0) is 117 Å². The van der Waals surface area contributed by atoms with Crippen LogP contribution in [0.3, 0.4) is 0 Å². The third kappa shape index (κ3) is 6.34. The lowest BCUT2D eigenvalue weighted by Crippen LogP contribution is -2.63. The van der Waals surface area contributed by atoms with E-state index in [1.165, 1.54) is 0 Å². The van der Waals surface area contributed by atoms with Gasteiger partial charge in [0, 0.05) is 5.41 Å². The van der Waals surface area contributed by atoms with Crippen LogP contribution in [0.15, 0.2) is 11.6 Å². The van der Waals surface area contributed by atoms with Crippen molar-refractivity contribution < 1.29 is 70.0 Å². The number of fused-ring (bicyclic) bond motifs is 2. The van der Waals surface area contributed by atoms with Gasteiger partial charge < -0.3 is 70.0 Å². The van der Waals surface area contributed by atoms with Crippen molar-refractivity contribution >= 4 is 0 Å². The van der Waals surface area contributed by atoms with Crippen molar-refractivity contribution in [3.8, 4) is 0 Å². The van der Waals surface area contributed by atoms with E-state index in [4.69, 9.17) is 18.9 Å². The van der Waals surface area contributed by atoms with Gasteiger partial charge >= 0.3 is 0 Å². The average Bonchev–Trinajstić information content (AvgIpc) is 3.77. The lowest BCUT2D eigenvalue weighted by atomic mass is 9.41. The predicted molar refractivity (Wildman–Crippen MR) is 200 cm³/mol. The van der Waals surface area contributed by atoms with Gasteiger partial charge in [-0.25, -0.2) is 0 Å². The van der Waals surface area contributed by atoms with E-state index in [9.17, 15) is 51.1 Å². The normalized spacial score (nSPS) is 54.9. The van der Waals surface area contributed by atoms with Crippen molar-refractivity contribution in [3.63, 3.8) is 0 Å². The summed E-state index contributed by atoms with van der Waals surface area (Å²) in [6, 6.07) is 0. The Bertz CT molecular complexity index is 1440. The number of hydrogen-bond donors (Lipinski definition) is 10. The Labute approximate surface area is 330 Å². The van der Waals surface area contributed by atoms with E-state index in [0.29, 0.717) is 25.2 Å². The van der Waals surface area contributed by atoms with Crippen LogP contribution in [0.5, 0.6) is 0 Å². The zero-order valence-corrected chi connectivity index (χ0v) is 34.0. The van der Waals surface area contributed by atoms with E-state index in [-0.39, 0.29) is 46.0 Å². The third-order valence-corrected chi connectivity index (χ3v) is 17.4. The smallest absolute Gasteiger partial charge is 0.186 e. The maximum atomic E-state index is 11.9. The van der Waals surface area contributed by atoms with Crippen LogP contribution in [0.4, 0.5) is 0 Å². The molecule has 56 heavy (non-hydrogen) atoms. The molecule has 0 bridgehead atoms. The van der Waals surface area contributed by atoms with Gasteiger partial charge in [-0.15, -0.1) is 0 Å². The van der Waals surface area contributed by atoms with Crippen LogP contribution < -0.4 is 0 Å². The van der Waals surface area contributed by atoms with Crippen LogP contribution in [0.2, 0.25) is 0 Å². The zero-order valence-electron chi connectivity index (χ0n) is 34.0. The van der Waals surface area contributed by atoms with Crippen molar-refractivity contribution in [2.24, 2.45) is 50.7 Å². The summed E-state index contributed by atoms with van der Waals surface area (Å²) in [4.78, 5) is 0. The Hall–Kier alpha value is -0.820. The molecule has 7 rings (SSSR count). The van der Waals surface area contributed by atoms with E-state index < -0.39 is 98.4 Å². The maximum Gasteiger partial charge on any atom is 0.186 e. The summed E-state index contributed by atoms with van der Waals surface area (Å²) in [5.74, 6) is 0.242. The molecular weight excluding hydrogens is 728 g/mol. The minimum absolute atomic E-state index is 0.00120. The van der Waals surface area contributed by atoms with Crippen molar-refractivity contribution in [1.29, 1.82) is 0 Å². The van der Waals surface area contributed by atoms with Gasteiger partial charge in [0.1, 0.15) is 48.8 Å². The van der Waals surface area contributed by atoms with Crippen molar-refractivity contribution in [2.45, 2.75) is 179 Å². The number of ether oxygens (including phenoxy) is 4. The number of aliphatic hydroxyl groups excluding tert-OH is 10. The Balaban J connectivity index is 1.18. The fourth-order valence-corrected chi connectivity index (χ4v) is 14.2. The molecule has 7 fully saturated rings. The highest BCUT2D eigenvalue weighted by atomic mass is 16.7. The summed E-state index contributed by atoms with van der Waals surface area (Å²) in [5, 5.41) is 107. The van der Waals surface area contributed by atoms with Gasteiger partial charge in [0.25, 0.3) is 0 Å². The first-order valence-electron chi connectivity index (χ1n) is 21.1. The SMILES string of the molecule is CC(C)=CC[C@H](O)[C@@H](C)[C@H]1[C@@H](O)C[C@@]2(C)[C@H]3CC[C@H]4[C@](C)(CO[C@@H]5O[C@@H](CO)[C@@H](O)[C@@H](O)[C@@H]5O)[C@@H](O[C@H]5O[C@@H](CO)[C@@H](O)[C@H](O)[C@@H]5O)CC[C@@]45C[C@@]35CC[C@]12C. The van der Waals surface area contributed by atoms with Gasteiger partial charge in [-0.3, -0.25) is 0 Å². The number of hydrogen-bond acceptors (Lipinski definition) is 14. The first kappa shape index (κ1) is 43.3. The van der Waals surface area contributed by atoms with Crippen LogP contribution in [-0.2, 0) is 18.9 Å². The van der Waals surface area contributed by atoms with E-state index in [1.54, 1.807) is 0 Å². The van der Waals surface area contributed by atoms with Crippen molar-refractivity contribution in [1.82, 2.24) is 0 Å². The van der Waals surface area contributed by atoms with Gasteiger partial charge in [-0.1, -0.05) is 39.3 Å². The Morgan fingerprint density at radius 2 is 1.30 bits per heavy atom. The fourth-order valence-electron chi connectivity index (χ4n) is 14.2. The van der Waals surface area contributed by atoms with E-state index >= 15 is 0 Å². The van der Waals surface area contributed by atoms with E-state index in [0.717, 1.165) is 44.1 Å². The molecule has 322 valence electrons. The Morgan fingerprint density at radius 1 is 0.732 bits per heavy atom. The second-order valence-electron chi connectivity index (χ2n) is 20.1. The lowest BCUT2D eigenvalue weighted by molar-refractivity contribution is -0.340. The lowest BCUT2D eigenvalue weighted by Gasteiger charge is -2.64. The molecule has 0 aromatic rings. The Morgan fingerprint density at radius 3 is 1.91 bits per heavy atom. The van der Waals surface area contributed by atoms with Gasteiger partial charge in [-0.2, -0.15) is 0 Å². The predicted octanol–water partition coefficient (Wildman–Crippen LogP) is 0.731. The molecule has 0 amide bonds. The fraction of sp³-hybridized carbons (Fsp3) is 0.952. The standard InChI is InChI=1S/C42H70O14/c1-20(2)7-8-22(45)21(3)29-23(46)15-40(6)27-10-9-26-38(4,19-53-36-34(51)32(49)30(47)24(16-43)54-36)28(56-37-35(52)33(50)31(48)25(17-44)55-37)11-12-41(26)18-42(27,41)14-13-39(29,40)5/h7,21-37,43-52H,8-19H2,1-6H3/t21-,22+,23+,24+,25+,26+,27-,28+,29+,30-,31-,32-,33+,34+,35+,36-,37-,38+,39-,40+,41-,42+/m1/s1. The van der Waals surface area contributed by atoms with Gasteiger partial charge in [0.2, 0.25) is 0 Å². The zero-order chi connectivity index (χ0) is 40.9. The van der Waals surface area contributed by atoms with Crippen LogP contribution in [0, 0.1) is 50.7 Å². The molecule has 7 aliphatic rings. The molecule has 0 unspecified atom stereocenters. The first-order valence-corrected chi connectivity index (χ1v) is 21.1. The molecule has 22 atom stereocenters. The molecule has 2 saturated heterocycles. The topological polar surface area (TPSA) is 239 Å². The molecular formula is C42H70O14. The molecule has 0 radical (unpaired) electrons. The molecule has 14 nitrogen and oxygen atoms in total. The Kier molecular flexibility index (Phi) is 11.8. The number of aliphatic hydroxyl groups is 10. The van der Waals surface area contributed by atoms with E-state index in [2.05, 4.69) is 33.8 Å². The monoisotopic (exact) mass is 798 g/mol. The summed E-state index contributed by atoms with van der Waals surface area (Å²) < 4.78 is 24.5. The molecule has 2 spiro atoms. The van der Waals surface area contributed by atoms with Crippen LogP contribution >= 0.6 is 0 Å². The summed E-state index contributed by atoms with van der Waals surface area (Å²) >= 11 is 0. The summed E-state index contributed by atoms with van der Waals surface area (Å²) in [6.07, 6.45) is -6.88. The second kappa shape index (κ2) is 15.3. The molecule has 2 aliphatic heterocycles. The summed E-state index contributed by atoms with van der Waals surface area (Å²) in [5.41, 5.74) is -0.0759. The summed E-state index contributed by atoms with van der Waals surface area (Å²) in [6.45, 7) is 11.8. The van der Waals surface area contributed by atoms with Crippen LogP contribution in [0.1, 0.15) is 99.3 Å². The van der Waals surface area contributed by atoms with Gasteiger partial charge in [0.05, 0.1) is 38.1 Å². The molecule has 5 saturated carbocycles. The molecule has 0 aromatic carbocycles. The molecule has 5 aliphatic carbocycles. The van der Waals surface area contributed by atoms with Crippen LogP contribution in [0.25, 0.3) is 0 Å². The first-order chi connectivity index (χ1) is 26.3. The third-order valence-electron chi connectivity index (χ3n) is 17.4. The minimum Gasteiger partial charge on any atom is -0.394 e. The summed E-state index contributed by atoms with van der Waals surface area (Å²) in [7, 11) is 0. The maximum absolute atomic E-state index is 11.9. The van der Waals surface area contributed by atoms with E-state index in [1.807, 2.05) is 13.8 Å². The second-order valence-corrected chi connectivity index (χ2v) is 20.1. The average molecular weight is 799 g/mol. The molecule has 0 aromatic heterocycles. The largest absolute Gasteiger partial charge is 0.394 e. The molecule has 10 N–H and O–H groups in total. The van der Waals surface area contributed by atoms with Crippen molar-refractivity contribution in [3.05, 3.63) is 11.6 Å². The minimum atomic E-state index is -1.61. The van der Waals surface area contributed by atoms with Crippen LogP contribution in [-0.4, -0.2) is 151 Å². The highest BCUT2D eigenvalue weighted by Gasteiger charge is 2.83. The number of rotatable bonds is 11. The molecule has 2 heterocycles. The van der Waals surface area contributed by atoms with Gasteiger partial charge in [0.15, 0.2) is 12.6 Å². The highest BCUT2D eigenvalue weighted by molar-refractivity contribution is 5.31. The molecule has 14 heteroatoms.